The highest BCUT2D eigenvalue weighted by Crippen LogP contribution is 2.29. The molecule has 3 rings (SSSR count). The van der Waals surface area contributed by atoms with Gasteiger partial charge in [0.2, 0.25) is 5.91 Å². The Morgan fingerprint density at radius 1 is 1.03 bits per heavy atom. The molecular weight excluding hydrogens is 498 g/mol. The number of hydrogen-bond acceptors (Lipinski definition) is 7. The summed E-state index contributed by atoms with van der Waals surface area (Å²) in [5.41, 5.74) is 0.550. The summed E-state index contributed by atoms with van der Waals surface area (Å²) in [6.45, 7) is 7.94. The fourth-order valence-electron chi connectivity index (χ4n) is 5.49. The van der Waals surface area contributed by atoms with E-state index < -0.39 is 0 Å². The molecule has 0 spiro atoms. The number of likely N-dealkylation sites (N-methyl/N-ethyl adjacent to an activating group) is 1. The van der Waals surface area contributed by atoms with E-state index in [0.717, 1.165) is 19.5 Å². The largest absolute Gasteiger partial charge is 0.493 e. The van der Waals surface area contributed by atoms with E-state index in [2.05, 4.69) is 5.32 Å². The summed E-state index contributed by atoms with van der Waals surface area (Å²) in [5, 5.41) is 3.39. The van der Waals surface area contributed by atoms with Crippen molar-refractivity contribution in [3.8, 4) is 11.5 Å². The minimum absolute atomic E-state index is 0.00446. The highest BCUT2D eigenvalue weighted by atomic mass is 16.5. The van der Waals surface area contributed by atoms with Gasteiger partial charge in [-0.25, -0.2) is 0 Å². The molecule has 1 saturated carbocycles. The van der Waals surface area contributed by atoms with Crippen molar-refractivity contribution in [2.24, 2.45) is 11.8 Å². The van der Waals surface area contributed by atoms with Crippen molar-refractivity contribution in [2.75, 3.05) is 67.3 Å². The molecule has 1 aliphatic heterocycles. The Labute approximate surface area is 234 Å². The van der Waals surface area contributed by atoms with E-state index >= 15 is 0 Å². The number of nitrogens with zero attached hydrogens (tertiary/aromatic N) is 2. The number of benzene rings is 1. The van der Waals surface area contributed by atoms with Gasteiger partial charge < -0.3 is 34.1 Å². The first-order valence-corrected chi connectivity index (χ1v) is 14.5. The molecule has 2 amide bonds. The summed E-state index contributed by atoms with van der Waals surface area (Å²) < 4.78 is 22.5. The Morgan fingerprint density at radius 3 is 2.49 bits per heavy atom. The molecule has 1 aromatic rings. The fourth-order valence-corrected chi connectivity index (χ4v) is 5.49. The van der Waals surface area contributed by atoms with Gasteiger partial charge in [0.25, 0.3) is 5.91 Å². The van der Waals surface area contributed by atoms with E-state index in [9.17, 15) is 9.59 Å². The first kappa shape index (κ1) is 31.2. The van der Waals surface area contributed by atoms with Crippen LogP contribution in [0.3, 0.4) is 0 Å². The molecule has 9 heteroatoms. The van der Waals surface area contributed by atoms with E-state index in [1.54, 1.807) is 32.4 Å². The Hall–Kier alpha value is -2.36. The topological polar surface area (TPSA) is 89.6 Å². The van der Waals surface area contributed by atoms with Crippen LogP contribution in [0.2, 0.25) is 0 Å². The van der Waals surface area contributed by atoms with Crippen LogP contribution < -0.4 is 14.8 Å². The van der Waals surface area contributed by atoms with Crippen molar-refractivity contribution in [3.63, 3.8) is 0 Å². The van der Waals surface area contributed by atoms with Crippen molar-refractivity contribution in [1.82, 2.24) is 15.1 Å². The van der Waals surface area contributed by atoms with Gasteiger partial charge in [0.15, 0.2) is 11.5 Å². The number of nitrogens with one attached hydrogen (secondary N) is 1. The number of ether oxygens (including phenoxy) is 4. The van der Waals surface area contributed by atoms with Gasteiger partial charge in [-0.3, -0.25) is 9.59 Å². The van der Waals surface area contributed by atoms with Crippen LogP contribution in [-0.2, 0) is 14.3 Å². The van der Waals surface area contributed by atoms with Crippen LogP contribution in [0, 0.1) is 11.8 Å². The summed E-state index contributed by atoms with van der Waals surface area (Å²) in [6.07, 6.45) is 6.88. The molecule has 2 fully saturated rings. The van der Waals surface area contributed by atoms with E-state index in [1.165, 1.54) is 32.1 Å². The second kappa shape index (κ2) is 16.0. The number of hydrogen-bond donors (Lipinski definition) is 1. The van der Waals surface area contributed by atoms with E-state index in [0.29, 0.717) is 49.3 Å². The molecule has 220 valence electrons. The number of carbonyl (C=O) groups is 2. The van der Waals surface area contributed by atoms with Gasteiger partial charge in [0.1, 0.15) is 6.61 Å². The van der Waals surface area contributed by atoms with Crippen LogP contribution in [0.15, 0.2) is 18.2 Å². The van der Waals surface area contributed by atoms with E-state index in [-0.39, 0.29) is 36.5 Å². The lowest BCUT2D eigenvalue weighted by Crippen LogP contribution is -2.44. The Kier molecular flexibility index (Phi) is 12.8. The van der Waals surface area contributed by atoms with Gasteiger partial charge >= 0.3 is 0 Å². The van der Waals surface area contributed by atoms with Gasteiger partial charge in [0.05, 0.1) is 19.8 Å². The molecule has 9 nitrogen and oxygen atoms in total. The lowest BCUT2D eigenvalue weighted by atomic mass is 9.89. The summed E-state index contributed by atoms with van der Waals surface area (Å²) in [4.78, 5) is 30.1. The van der Waals surface area contributed by atoms with Gasteiger partial charge in [-0.1, -0.05) is 19.3 Å². The van der Waals surface area contributed by atoms with Crippen LogP contribution in [-0.4, -0.2) is 101 Å². The molecular formula is C30H49N3O6. The highest BCUT2D eigenvalue weighted by molar-refractivity contribution is 5.95. The average Bonchev–Trinajstić information content (AvgIpc) is 3.39. The van der Waals surface area contributed by atoms with Gasteiger partial charge in [0, 0.05) is 70.9 Å². The molecule has 2 aliphatic rings. The Balaban J connectivity index is 1.58. The second-order valence-electron chi connectivity index (χ2n) is 11.2. The van der Waals surface area contributed by atoms with E-state index in [4.69, 9.17) is 18.9 Å². The van der Waals surface area contributed by atoms with Crippen LogP contribution >= 0.6 is 0 Å². The first-order chi connectivity index (χ1) is 18.8. The number of methoxy groups -OCH3 is 2. The SMILES string of the molecule is COCCCOc1cc(C(=O)N(C[C@@H]2CNC[C@@H]2OCC(=O)N(C)CC2CCCCC2)C(C)C)ccc1OC. The number of carbonyl (C=O) groups excluding carboxylic acids is 2. The average molecular weight is 548 g/mol. The maximum absolute atomic E-state index is 13.6. The first-order valence-electron chi connectivity index (χ1n) is 14.5. The van der Waals surface area contributed by atoms with Crippen molar-refractivity contribution in [1.29, 1.82) is 0 Å². The maximum atomic E-state index is 13.6. The van der Waals surface area contributed by atoms with Gasteiger partial charge in [-0.15, -0.1) is 0 Å². The van der Waals surface area contributed by atoms with Crippen LogP contribution in [0.1, 0.15) is 62.7 Å². The predicted octanol–water partition coefficient (Wildman–Crippen LogP) is 3.60. The maximum Gasteiger partial charge on any atom is 0.254 e. The third-order valence-corrected chi connectivity index (χ3v) is 7.86. The summed E-state index contributed by atoms with van der Waals surface area (Å²) >= 11 is 0. The lowest BCUT2D eigenvalue weighted by molar-refractivity contribution is -0.138. The minimum atomic E-state index is -0.123. The van der Waals surface area contributed by atoms with Crippen molar-refractivity contribution in [3.05, 3.63) is 23.8 Å². The van der Waals surface area contributed by atoms with Crippen molar-refractivity contribution < 1.29 is 28.5 Å². The lowest BCUT2D eigenvalue weighted by Gasteiger charge is -2.32. The molecule has 1 heterocycles. The molecule has 0 unspecified atom stereocenters. The van der Waals surface area contributed by atoms with Crippen LogP contribution in [0.5, 0.6) is 11.5 Å². The fraction of sp³-hybridized carbons (Fsp3) is 0.733. The predicted molar refractivity (Wildman–Crippen MR) is 151 cm³/mol. The molecule has 1 aliphatic carbocycles. The van der Waals surface area contributed by atoms with E-state index in [1.807, 2.05) is 30.7 Å². The zero-order valence-corrected chi connectivity index (χ0v) is 24.6. The molecule has 0 radical (unpaired) electrons. The minimum Gasteiger partial charge on any atom is -0.493 e. The van der Waals surface area contributed by atoms with Crippen molar-refractivity contribution in [2.45, 2.75) is 64.5 Å². The number of amides is 2. The number of rotatable bonds is 15. The summed E-state index contributed by atoms with van der Waals surface area (Å²) in [6, 6.07) is 5.30. The van der Waals surface area contributed by atoms with Crippen molar-refractivity contribution >= 4 is 11.8 Å². The van der Waals surface area contributed by atoms with Gasteiger partial charge in [-0.05, 0) is 50.8 Å². The summed E-state index contributed by atoms with van der Waals surface area (Å²) in [7, 11) is 5.13. The Morgan fingerprint density at radius 2 is 1.79 bits per heavy atom. The molecule has 1 N–H and O–H groups in total. The zero-order chi connectivity index (χ0) is 28.2. The molecule has 0 aromatic heterocycles. The molecule has 39 heavy (non-hydrogen) atoms. The molecule has 0 bridgehead atoms. The van der Waals surface area contributed by atoms with Crippen LogP contribution in [0.4, 0.5) is 0 Å². The standard InChI is InChI=1S/C30H49N3O6/c1-22(2)33(30(35)24-12-13-26(37-5)27(16-24)38-15-9-14-36-4)20-25-17-31-18-28(25)39-21-29(34)32(3)19-23-10-7-6-8-11-23/h12-13,16,22-23,25,28,31H,6-11,14-15,17-21H2,1-5H3/t25-,28-/m0/s1. The summed E-state index contributed by atoms with van der Waals surface area (Å²) in [5.74, 6) is 1.79. The zero-order valence-electron chi connectivity index (χ0n) is 24.6. The molecule has 2 atom stereocenters. The Bertz CT molecular complexity index is 905. The normalized spacial score (nSPS) is 19.7. The molecule has 1 aromatic carbocycles. The molecule has 1 saturated heterocycles. The quantitative estimate of drug-likeness (QED) is 0.336. The third kappa shape index (κ3) is 9.36. The van der Waals surface area contributed by atoms with Gasteiger partial charge in [-0.2, -0.15) is 0 Å². The second-order valence-corrected chi connectivity index (χ2v) is 11.2. The smallest absolute Gasteiger partial charge is 0.254 e. The third-order valence-electron chi connectivity index (χ3n) is 7.86. The monoisotopic (exact) mass is 547 g/mol. The highest BCUT2D eigenvalue weighted by Gasteiger charge is 2.33. The van der Waals surface area contributed by atoms with Crippen LogP contribution in [0.25, 0.3) is 0 Å².